The Balaban J connectivity index is 0. The highest BCUT2D eigenvalue weighted by Crippen LogP contribution is 2.07. The summed E-state index contributed by atoms with van der Waals surface area (Å²) in [5, 5.41) is 7.99. The predicted molar refractivity (Wildman–Crippen MR) is 79.2 cm³/mol. The van der Waals surface area contributed by atoms with E-state index in [0.29, 0.717) is 6.42 Å². The lowest BCUT2D eigenvalue weighted by atomic mass is 10.1. The molecule has 0 rings (SSSR count). The van der Waals surface area contributed by atoms with Gasteiger partial charge in [-0.25, -0.2) is 0 Å². The Labute approximate surface area is 117 Å². The van der Waals surface area contributed by atoms with E-state index in [1.54, 1.807) is 6.92 Å². The normalized spacial score (nSPS) is 9.63. The van der Waals surface area contributed by atoms with Crippen LogP contribution in [0, 0.1) is 0 Å². The fourth-order valence-electron chi connectivity index (χ4n) is 1.57. The third-order valence-electron chi connectivity index (χ3n) is 2.80. The van der Waals surface area contributed by atoms with Crippen molar-refractivity contribution in [2.45, 2.75) is 78.1 Å². The number of rotatable bonds is 11. The third kappa shape index (κ3) is 22.7. The van der Waals surface area contributed by atoms with Crippen LogP contribution in [0.25, 0.3) is 0 Å². The first-order valence-electron chi connectivity index (χ1n) is 7.51. The van der Waals surface area contributed by atoms with Gasteiger partial charge in [-0.15, -0.1) is 0 Å². The number of hydrogen-bond acceptors (Lipinski definition) is 3. The minimum absolute atomic E-state index is 0.225. The van der Waals surface area contributed by atoms with Gasteiger partial charge < -0.3 is 10.8 Å². The maximum Gasteiger partial charge on any atom is 0.310 e. The van der Waals surface area contributed by atoms with E-state index in [0.717, 1.165) is 6.54 Å². The highest BCUT2D eigenvalue weighted by molar-refractivity contribution is 5.94. The van der Waals surface area contributed by atoms with Crippen molar-refractivity contribution < 1.29 is 14.7 Å². The van der Waals surface area contributed by atoms with E-state index >= 15 is 0 Å². The van der Waals surface area contributed by atoms with Gasteiger partial charge in [0.2, 0.25) is 0 Å². The Morgan fingerprint density at radius 3 is 1.68 bits per heavy atom. The molecule has 0 saturated carbocycles. The fourth-order valence-corrected chi connectivity index (χ4v) is 1.57. The lowest BCUT2D eigenvalue weighted by molar-refractivity contribution is -0.140. The molecule has 4 heteroatoms. The molecule has 0 aromatic heterocycles. The van der Waals surface area contributed by atoms with Gasteiger partial charge in [0.1, 0.15) is 12.2 Å². The first-order chi connectivity index (χ1) is 9.08. The van der Waals surface area contributed by atoms with Crippen molar-refractivity contribution >= 4 is 11.8 Å². The molecule has 0 spiro atoms. The van der Waals surface area contributed by atoms with Gasteiger partial charge in [-0.2, -0.15) is 0 Å². The second-order valence-electron chi connectivity index (χ2n) is 4.73. The quantitative estimate of drug-likeness (QED) is 0.446. The summed E-state index contributed by atoms with van der Waals surface area (Å²) in [5.74, 6) is -1.27. The van der Waals surface area contributed by atoms with Gasteiger partial charge in [0, 0.05) is 6.42 Å². The van der Waals surface area contributed by atoms with E-state index in [1.807, 2.05) is 0 Å². The van der Waals surface area contributed by atoms with Gasteiger partial charge in [-0.05, 0) is 13.0 Å². The Kier molecular flexibility index (Phi) is 18.4. The number of carboxylic acid groups (broad SMARTS) is 1. The number of carboxylic acids is 1. The van der Waals surface area contributed by atoms with Crippen LogP contribution in [0.1, 0.15) is 78.1 Å². The second-order valence-corrected chi connectivity index (χ2v) is 4.73. The van der Waals surface area contributed by atoms with Crippen LogP contribution in [-0.4, -0.2) is 23.4 Å². The zero-order chi connectivity index (χ0) is 14.9. The molecule has 0 bridgehead atoms. The van der Waals surface area contributed by atoms with Gasteiger partial charge in [0.05, 0.1) is 0 Å². The summed E-state index contributed by atoms with van der Waals surface area (Å²) >= 11 is 0. The number of carbonyl (C=O) groups is 2. The molecular weight excluding hydrogens is 242 g/mol. The molecule has 0 atom stereocenters. The molecule has 3 N–H and O–H groups in total. The van der Waals surface area contributed by atoms with Crippen molar-refractivity contribution in [1.82, 2.24) is 0 Å². The molecule has 0 aromatic rings. The van der Waals surface area contributed by atoms with Crippen molar-refractivity contribution in [2.24, 2.45) is 5.73 Å². The van der Waals surface area contributed by atoms with Crippen LogP contribution in [0.3, 0.4) is 0 Å². The lowest BCUT2D eigenvalue weighted by Gasteiger charge is -1.99. The van der Waals surface area contributed by atoms with Crippen molar-refractivity contribution in [3.05, 3.63) is 0 Å². The average molecular weight is 273 g/mol. The van der Waals surface area contributed by atoms with E-state index in [2.05, 4.69) is 6.92 Å². The Morgan fingerprint density at radius 2 is 1.37 bits per heavy atom. The molecule has 0 aromatic carbocycles. The second kappa shape index (κ2) is 17.1. The van der Waals surface area contributed by atoms with Crippen LogP contribution >= 0.6 is 0 Å². The average Bonchev–Trinajstić information content (AvgIpc) is 2.38. The summed E-state index contributed by atoms with van der Waals surface area (Å²) < 4.78 is 0. The van der Waals surface area contributed by atoms with E-state index in [-0.39, 0.29) is 12.2 Å². The van der Waals surface area contributed by atoms with Crippen LogP contribution < -0.4 is 5.73 Å². The van der Waals surface area contributed by atoms with Crippen LogP contribution in [-0.2, 0) is 9.59 Å². The van der Waals surface area contributed by atoms with Gasteiger partial charge in [0.25, 0.3) is 0 Å². The predicted octanol–water partition coefficient (Wildman–Crippen LogP) is 3.53. The summed E-state index contributed by atoms with van der Waals surface area (Å²) in [6.07, 6.45) is 11.0. The highest BCUT2D eigenvalue weighted by atomic mass is 16.4. The van der Waals surface area contributed by atoms with Crippen molar-refractivity contribution in [2.75, 3.05) is 6.54 Å². The fraction of sp³-hybridized carbons (Fsp3) is 0.867. The van der Waals surface area contributed by atoms with E-state index in [9.17, 15) is 9.59 Å². The minimum atomic E-state index is -1.04. The first-order valence-corrected chi connectivity index (χ1v) is 7.51. The topological polar surface area (TPSA) is 80.4 Å². The zero-order valence-corrected chi connectivity index (χ0v) is 12.6. The molecule has 4 nitrogen and oxygen atoms in total. The number of unbranched alkanes of at least 4 members (excludes halogenated alkanes) is 7. The summed E-state index contributed by atoms with van der Waals surface area (Å²) in [6.45, 7) is 4.77. The maximum absolute atomic E-state index is 10.2. The Morgan fingerprint density at radius 1 is 0.895 bits per heavy atom. The molecule has 0 fully saturated rings. The van der Waals surface area contributed by atoms with Gasteiger partial charge in [-0.1, -0.05) is 58.8 Å². The van der Waals surface area contributed by atoms with Crippen LogP contribution in [0.2, 0.25) is 0 Å². The van der Waals surface area contributed by atoms with E-state index < -0.39 is 5.97 Å². The van der Waals surface area contributed by atoms with E-state index in [4.69, 9.17) is 10.8 Å². The summed E-state index contributed by atoms with van der Waals surface area (Å²) in [5.41, 5.74) is 5.39. The molecule has 0 amide bonds. The standard InChI is InChI=1S/C10H23N.C5H8O3/c1-2-3-4-5-6-7-8-9-10-11;1-2-4(6)3-5(7)8/h2-11H2,1H3;2-3H2,1H3,(H,7,8). The Bertz CT molecular complexity index is 209. The van der Waals surface area contributed by atoms with Gasteiger partial charge in [-0.3, -0.25) is 9.59 Å². The molecule has 0 aliphatic carbocycles. The Hall–Kier alpha value is -0.900. The lowest BCUT2D eigenvalue weighted by Crippen LogP contribution is -2.04. The van der Waals surface area contributed by atoms with Gasteiger partial charge in [0.15, 0.2) is 0 Å². The molecule has 0 aliphatic rings. The van der Waals surface area contributed by atoms with Crippen LogP contribution in [0.15, 0.2) is 0 Å². The minimum Gasteiger partial charge on any atom is -0.481 e. The summed E-state index contributed by atoms with van der Waals surface area (Å²) in [7, 11) is 0. The molecule has 0 radical (unpaired) electrons. The highest BCUT2D eigenvalue weighted by Gasteiger charge is 2.02. The number of ketones is 1. The van der Waals surface area contributed by atoms with Crippen molar-refractivity contribution in [3.8, 4) is 0 Å². The summed E-state index contributed by atoms with van der Waals surface area (Å²) in [6, 6.07) is 0. The molecule has 0 saturated heterocycles. The number of aliphatic carboxylic acids is 1. The molecule has 0 aliphatic heterocycles. The van der Waals surface area contributed by atoms with Crippen LogP contribution in [0.4, 0.5) is 0 Å². The zero-order valence-electron chi connectivity index (χ0n) is 12.6. The largest absolute Gasteiger partial charge is 0.481 e. The van der Waals surface area contributed by atoms with Crippen molar-refractivity contribution in [1.29, 1.82) is 0 Å². The number of nitrogens with two attached hydrogens (primary N) is 1. The molecule has 0 heterocycles. The summed E-state index contributed by atoms with van der Waals surface area (Å²) in [4.78, 5) is 20.0. The SMILES string of the molecule is CCC(=O)CC(=O)O.CCCCCCCCCCN. The van der Waals surface area contributed by atoms with Gasteiger partial charge >= 0.3 is 5.97 Å². The number of carbonyl (C=O) groups excluding carboxylic acids is 1. The molecular formula is C15H31NO3. The van der Waals surface area contributed by atoms with E-state index in [1.165, 1.54) is 51.4 Å². The van der Waals surface area contributed by atoms with Crippen LogP contribution in [0.5, 0.6) is 0 Å². The van der Waals surface area contributed by atoms with Crippen molar-refractivity contribution in [3.63, 3.8) is 0 Å². The third-order valence-corrected chi connectivity index (χ3v) is 2.80. The molecule has 0 unspecified atom stereocenters. The first kappa shape index (κ1) is 20.4. The monoisotopic (exact) mass is 273 g/mol. The number of Topliss-reactive ketones (excluding diaryl/α,β-unsaturated/α-hetero) is 1. The molecule has 114 valence electrons. The molecule has 19 heavy (non-hydrogen) atoms. The smallest absolute Gasteiger partial charge is 0.310 e. The maximum atomic E-state index is 10.2. The number of hydrogen-bond donors (Lipinski definition) is 2.